The average molecular weight is 222 g/mol. The molecule has 1 aromatic rings. The number of nitrogens with two attached hydrogens (primary N) is 1. The van der Waals surface area contributed by atoms with Gasteiger partial charge in [0, 0.05) is 12.0 Å². The van der Waals surface area contributed by atoms with E-state index in [0.717, 1.165) is 19.5 Å². The molecule has 0 aromatic heterocycles. The monoisotopic (exact) mass is 222 g/mol. The van der Waals surface area contributed by atoms with E-state index in [1.807, 2.05) is 0 Å². The van der Waals surface area contributed by atoms with Crippen molar-refractivity contribution in [3.8, 4) is 0 Å². The van der Waals surface area contributed by atoms with Gasteiger partial charge in [-0.25, -0.2) is 4.39 Å². The van der Waals surface area contributed by atoms with E-state index in [4.69, 9.17) is 5.73 Å². The van der Waals surface area contributed by atoms with Gasteiger partial charge in [0.25, 0.3) is 0 Å². The number of nitrogens with one attached hydrogen (secondary N) is 1. The Morgan fingerprint density at radius 2 is 2.38 bits per heavy atom. The summed E-state index contributed by atoms with van der Waals surface area (Å²) in [5, 5.41) is 3.20. The summed E-state index contributed by atoms with van der Waals surface area (Å²) in [4.78, 5) is 11.9. The maximum Gasteiger partial charge on any atom is 0.165 e. The molecule has 1 aliphatic rings. The van der Waals surface area contributed by atoms with Crippen LogP contribution < -0.4 is 11.1 Å². The Hall–Kier alpha value is -1.42. The molecule has 0 amide bonds. The van der Waals surface area contributed by atoms with Gasteiger partial charge in [-0.05, 0) is 37.6 Å². The normalized spacial score (nSPS) is 19.9. The van der Waals surface area contributed by atoms with Crippen molar-refractivity contribution in [3.05, 3.63) is 29.6 Å². The first-order valence-electron chi connectivity index (χ1n) is 5.46. The second-order valence-electron chi connectivity index (χ2n) is 4.19. The van der Waals surface area contributed by atoms with Crippen molar-refractivity contribution in [2.45, 2.75) is 12.8 Å². The molecule has 4 heteroatoms. The van der Waals surface area contributed by atoms with E-state index >= 15 is 0 Å². The van der Waals surface area contributed by atoms with Gasteiger partial charge >= 0.3 is 0 Å². The van der Waals surface area contributed by atoms with Crippen LogP contribution in [0, 0.1) is 11.7 Å². The zero-order valence-corrected chi connectivity index (χ0v) is 9.00. The highest BCUT2D eigenvalue weighted by molar-refractivity contribution is 6.00. The Balaban J connectivity index is 2.11. The first kappa shape index (κ1) is 11.1. The van der Waals surface area contributed by atoms with E-state index in [0.29, 0.717) is 17.9 Å². The van der Waals surface area contributed by atoms with Gasteiger partial charge in [-0.1, -0.05) is 6.07 Å². The highest BCUT2D eigenvalue weighted by Crippen LogP contribution is 2.21. The molecule has 0 spiro atoms. The van der Waals surface area contributed by atoms with Gasteiger partial charge in [0.15, 0.2) is 5.78 Å². The fraction of sp³-hybridized carbons (Fsp3) is 0.417. The van der Waals surface area contributed by atoms with Crippen molar-refractivity contribution in [1.29, 1.82) is 0 Å². The summed E-state index contributed by atoms with van der Waals surface area (Å²) >= 11 is 0. The predicted octanol–water partition coefficient (Wildman–Crippen LogP) is 1.59. The molecule has 1 aromatic carbocycles. The average Bonchev–Trinajstić information content (AvgIpc) is 2.74. The molecule has 1 heterocycles. The van der Waals surface area contributed by atoms with E-state index < -0.39 is 5.82 Å². The van der Waals surface area contributed by atoms with Gasteiger partial charge in [-0.2, -0.15) is 0 Å². The molecule has 2 rings (SSSR count). The first-order chi connectivity index (χ1) is 7.68. The van der Waals surface area contributed by atoms with Crippen molar-refractivity contribution in [1.82, 2.24) is 5.32 Å². The first-order valence-corrected chi connectivity index (χ1v) is 5.46. The van der Waals surface area contributed by atoms with Gasteiger partial charge in [-0.15, -0.1) is 0 Å². The van der Waals surface area contributed by atoms with Crippen molar-refractivity contribution in [2.24, 2.45) is 5.92 Å². The van der Waals surface area contributed by atoms with Crippen molar-refractivity contribution < 1.29 is 9.18 Å². The molecule has 0 bridgehead atoms. The number of ketones is 1. The van der Waals surface area contributed by atoms with Crippen LogP contribution in [-0.4, -0.2) is 18.9 Å². The maximum absolute atomic E-state index is 13.2. The Morgan fingerprint density at radius 1 is 1.56 bits per heavy atom. The zero-order chi connectivity index (χ0) is 11.5. The van der Waals surface area contributed by atoms with Crippen LogP contribution in [0.5, 0.6) is 0 Å². The molecular formula is C12H15FN2O. The van der Waals surface area contributed by atoms with Crippen molar-refractivity contribution in [2.75, 3.05) is 18.8 Å². The lowest BCUT2D eigenvalue weighted by Crippen LogP contribution is -2.14. The smallest absolute Gasteiger partial charge is 0.165 e. The molecule has 1 saturated heterocycles. The highest BCUT2D eigenvalue weighted by atomic mass is 19.1. The number of carbonyl (C=O) groups is 1. The quantitative estimate of drug-likeness (QED) is 0.603. The summed E-state index contributed by atoms with van der Waals surface area (Å²) in [6.07, 6.45) is 1.45. The topological polar surface area (TPSA) is 55.1 Å². The fourth-order valence-corrected chi connectivity index (χ4v) is 2.04. The van der Waals surface area contributed by atoms with Crippen molar-refractivity contribution >= 4 is 11.5 Å². The zero-order valence-electron chi connectivity index (χ0n) is 9.00. The van der Waals surface area contributed by atoms with Crippen LogP contribution in [0.25, 0.3) is 0 Å². The standard InChI is InChI=1S/C12H15FN2O/c13-10-3-1-2-9(12(10)14)11(16)6-8-4-5-15-7-8/h1-3,8,15H,4-7,14H2. The maximum atomic E-state index is 13.2. The minimum Gasteiger partial charge on any atom is -0.396 e. The van der Waals surface area contributed by atoms with E-state index in [1.165, 1.54) is 12.1 Å². The molecule has 3 N–H and O–H groups in total. The van der Waals surface area contributed by atoms with Gasteiger partial charge in [0.2, 0.25) is 0 Å². The fourth-order valence-electron chi connectivity index (χ4n) is 2.04. The molecule has 0 radical (unpaired) electrons. The lowest BCUT2D eigenvalue weighted by molar-refractivity contribution is 0.0965. The van der Waals surface area contributed by atoms with E-state index in [1.54, 1.807) is 6.07 Å². The SMILES string of the molecule is Nc1c(F)cccc1C(=O)CC1CCNC1. The Morgan fingerprint density at radius 3 is 3.06 bits per heavy atom. The molecule has 0 aliphatic carbocycles. The number of rotatable bonds is 3. The van der Waals surface area contributed by atoms with Gasteiger partial charge in [0.05, 0.1) is 5.69 Å². The van der Waals surface area contributed by atoms with Gasteiger partial charge < -0.3 is 11.1 Å². The third-order valence-corrected chi connectivity index (χ3v) is 2.99. The molecule has 86 valence electrons. The number of Topliss-reactive ketones (excluding diaryl/α,β-unsaturated/α-hetero) is 1. The minimum absolute atomic E-state index is 0.0292. The van der Waals surface area contributed by atoms with Crippen LogP contribution in [0.1, 0.15) is 23.2 Å². The number of hydrogen-bond donors (Lipinski definition) is 2. The number of hydrogen-bond acceptors (Lipinski definition) is 3. The van der Waals surface area contributed by atoms with Crippen LogP contribution in [0.4, 0.5) is 10.1 Å². The van der Waals surface area contributed by atoms with Crippen LogP contribution in [0.2, 0.25) is 0 Å². The van der Waals surface area contributed by atoms with Gasteiger partial charge in [0.1, 0.15) is 5.82 Å². The summed E-state index contributed by atoms with van der Waals surface area (Å²) in [6.45, 7) is 1.82. The third-order valence-electron chi connectivity index (χ3n) is 2.99. The van der Waals surface area contributed by atoms with Crippen LogP contribution >= 0.6 is 0 Å². The van der Waals surface area contributed by atoms with Crippen molar-refractivity contribution in [3.63, 3.8) is 0 Å². The van der Waals surface area contributed by atoms with E-state index in [2.05, 4.69) is 5.32 Å². The molecule has 1 fully saturated rings. The number of benzene rings is 1. The van der Waals surface area contributed by atoms with E-state index in [-0.39, 0.29) is 11.5 Å². The van der Waals surface area contributed by atoms with Crippen LogP contribution in [0.3, 0.4) is 0 Å². The number of anilines is 1. The van der Waals surface area contributed by atoms with Crippen LogP contribution in [0.15, 0.2) is 18.2 Å². The molecule has 16 heavy (non-hydrogen) atoms. The summed E-state index contributed by atoms with van der Waals surface area (Å²) in [5.41, 5.74) is 5.83. The summed E-state index contributed by atoms with van der Waals surface area (Å²) in [7, 11) is 0. The summed E-state index contributed by atoms with van der Waals surface area (Å²) in [5.74, 6) is -0.226. The Labute approximate surface area is 93.8 Å². The number of halogens is 1. The Bertz CT molecular complexity index is 400. The lowest BCUT2D eigenvalue weighted by atomic mass is 9.96. The van der Waals surface area contributed by atoms with Gasteiger partial charge in [-0.3, -0.25) is 4.79 Å². The second kappa shape index (κ2) is 4.61. The Kier molecular flexibility index (Phi) is 3.19. The largest absolute Gasteiger partial charge is 0.396 e. The highest BCUT2D eigenvalue weighted by Gasteiger charge is 2.20. The van der Waals surface area contributed by atoms with E-state index in [9.17, 15) is 9.18 Å². The molecule has 1 atom stereocenters. The van der Waals surface area contributed by atoms with Crippen LogP contribution in [-0.2, 0) is 0 Å². The minimum atomic E-state index is -0.518. The summed E-state index contributed by atoms with van der Waals surface area (Å²) < 4.78 is 13.2. The predicted molar refractivity (Wildman–Crippen MR) is 60.7 cm³/mol. The second-order valence-corrected chi connectivity index (χ2v) is 4.19. The number of carbonyl (C=O) groups excluding carboxylic acids is 1. The number of para-hydroxylation sites is 1. The molecular weight excluding hydrogens is 207 g/mol. The lowest BCUT2D eigenvalue weighted by Gasteiger charge is -2.09. The summed E-state index contributed by atoms with van der Waals surface area (Å²) in [6, 6.07) is 4.37. The molecule has 0 saturated carbocycles. The molecule has 1 unspecified atom stereocenters. The third kappa shape index (κ3) is 2.22. The molecule has 3 nitrogen and oxygen atoms in total. The molecule has 1 aliphatic heterocycles. The number of nitrogen functional groups attached to an aromatic ring is 1.